The van der Waals surface area contributed by atoms with Crippen LogP contribution in [0.15, 0.2) is 80.9 Å². The number of hydrazone groups is 1. The molecule has 9 nitrogen and oxygen atoms in total. The zero-order chi connectivity index (χ0) is 21.5. The monoisotopic (exact) mass is 448 g/mol. The SMILES string of the molecule is CC1=NN(c2ccccc2)C(=O)C1N=Nc1c(O)cc(S(=O)(=O)O)c2ccccc12.[NaH]. The molecule has 2 N–H and O–H groups in total. The average molecular weight is 448 g/mol. The van der Waals surface area contributed by atoms with Crippen LogP contribution in [0.4, 0.5) is 11.4 Å². The van der Waals surface area contributed by atoms with E-state index in [1.54, 1.807) is 43.3 Å². The van der Waals surface area contributed by atoms with E-state index >= 15 is 0 Å². The Kier molecular flexibility index (Phi) is 6.58. The van der Waals surface area contributed by atoms with Gasteiger partial charge in [-0.05, 0) is 19.1 Å². The van der Waals surface area contributed by atoms with Crippen molar-refractivity contribution in [2.75, 3.05) is 5.01 Å². The Morgan fingerprint density at radius 2 is 1.65 bits per heavy atom. The molecule has 1 aliphatic heterocycles. The molecule has 0 aromatic heterocycles. The van der Waals surface area contributed by atoms with Crippen LogP contribution in [0, 0.1) is 0 Å². The van der Waals surface area contributed by atoms with Gasteiger partial charge in [0.1, 0.15) is 16.3 Å². The Bertz CT molecular complexity index is 1330. The van der Waals surface area contributed by atoms with Crippen molar-refractivity contribution in [2.24, 2.45) is 15.3 Å². The molecular formula is C20H17N4NaO5S. The first kappa shape index (κ1) is 23.0. The Hall–Kier alpha value is -2.63. The van der Waals surface area contributed by atoms with Crippen molar-refractivity contribution in [3.8, 4) is 5.75 Å². The number of aromatic hydroxyl groups is 1. The Balaban J connectivity index is 0.00000272. The molecule has 4 rings (SSSR count). The van der Waals surface area contributed by atoms with Gasteiger partial charge in [-0.25, -0.2) is 0 Å². The van der Waals surface area contributed by atoms with Crippen LogP contribution in [0.2, 0.25) is 0 Å². The molecule has 0 fully saturated rings. The molecule has 0 spiro atoms. The molecule has 1 amide bonds. The van der Waals surface area contributed by atoms with E-state index in [2.05, 4.69) is 15.3 Å². The first-order chi connectivity index (χ1) is 14.3. The van der Waals surface area contributed by atoms with Crippen molar-refractivity contribution in [1.82, 2.24) is 0 Å². The minimum absolute atomic E-state index is 0. The van der Waals surface area contributed by atoms with E-state index < -0.39 is 32.7 Å². The average Bonchev–Trinajstić information content (AvgIpc) is 3.00. The van der Waals surface area contributed by atoms with Crippen LogP contribution in [0.25, 0.3) is 10.8 Å². The number of anilines is 1. The molecule has 0 bridgehead atoms. The molecular weight excluding hydrogens is 431 g/mol. The summed E-state index contributed by atoms with van der Waals surface area (Å²) in [7, 11) is -4.57. The zero-order valence-corrected chi connectivity index (χ0v) is 16.5. The van der Waals surface area contributed by atoms with Crippen LogP contribution in [0.1, 0.15) is 6.92 Å². The fraction of sp³-hybridized carbons (Fsp3) is 0.100. The number of hydrogen-bond acceptors (Lipinski definition) is 7. The van der Waals surface area contributed by atoms with Crippen LogP contribution in [0.3, 0.4) is 0 Å². The van der Waals surface area contributed by atoms with E-state index in [0.29, 0.717) is 11.4 Å². The third-order valence-electron chi connectivity index (χ3n) is 4.61. The predicted molar refractivity (Wildman–Crippen MR) is 118 cm³/mol. The molecule has 0 saturated heterocycles. The van der Waals surface area contributed by atoms with Gasteiger partial charge in [-0.3, -0.25) is 9.35 Å². The Labute approximate surface area is 200 Å². The van der Waals surface area contributed by atoms with E-state index in [-0.39, 0.29) is 46.0 Å². The number of para-hydroxylation sites is 1. The summed E-state index contributed by atoms with van der Waals surface area (Å²) >= 11 is 0. The minimum atomic E-state index is -4.57. The molecule has 0 aliphatic carbocycles. The molecule has 11 heteroatoms. The van der Waals surface area contributed by atoms with Gasteiger partial charge in [0, 0.05) is 16.8 Å². The number of phenols is 1. The topological polar surface area (TPSA) is 132 Å². The molecule has 1 aliphatic rings. The van der Waals surface area contributed by atoms with E-state index in [0.717, 1.165) is 6.07 Å². The number of carbonyl (C=O) groups excluding carboxylic acids is 1. The van der Waals surface area contributed by atoms with Gasteiger partial charge in [0.15, 0.2) is 6.04 Å². The van der Waals surface area contributed by atoms with E-state index in [4.69, 9.17) is 0 Å². The number of amides is 1. The van der Waals surface area contributed by atoms with Gasteiger partial charge in [0.05, 0.1) is 11.4 Å². The third kappa shape index (κ3) is 4.39. The van der Waals surface area contributed by atoms with Gasteiger partial charge in [-0.2, -0.15) is 28.8 Å². The third-order valence-corrected chi connectivity index (χ3v) is 5.50. The van der Waals surface area contributed by atoms with Crippen molar-refractivity contribution < 1.29 is 22.9 Å². The predicted octanol–water partition coefficient (Wildman–Crippen LogP) is 3.02. The van der Waals surface area contributed by atoms with Crippen LogP contribution < -0.4 is 5.01 Å². The molecule has 1 heterocycles. The molecule has 154 valence electrons. The second kappa shape index (κ2) is 8.85. The number of benzene rings is 3. The summed E-state index contributed by atoms with van der Waals surface area (Å²) in [5, 5.41) is 24.3. The van der Waals surface area contributed by atoms with E-state index in [9.17, 15) is 22.9 Å². The summed E-state index contributed by atoms with van der Waals surface area (Å²) in [6.45, 7) is 1.64. The first-order valence-electron chi connectivity index (χ1n) is 8.84. The zero-order valence-electron chi connectivity index (χ0n) is 15.7. The summed E-state index contributed by atoms with van der Waals surface area (Å²) in [4.78, 5) is 12.3. The number of nitrogens with zero attached hydrogens (tertiary/aromatic N) is 4. The van der Waals surface area contributed by atoms with Crippen molar-refractivity contribution in [3.63, 3.8) is 0 Å². The van der Waals surface area contributed by atoms with Crippen molar-refractivity contribution >= 4 is 73.4 Å². The fourth-order valence-corrected chi connectivity index (χ4v) is 3.91. The number of hydrogen-bond donors (Lipinski definition) is 2. The van der Waals surface area contributed by atoms with Gasteiger partial charge >= 0.3 is 29.6 Å². The second-order valence-corrected chi connectivity index (χ2v) is 8.00. The summed E-state index contributed by atoms with van der Waals surface area (Å²) in [5.74, 6) is -0.897. The number of phenolic OH excluding ortho intramolecular Hbond substituents is 1. The van der Waals surface area contributed by atoms with Gasteiger partial charge in [-0.15, -0.1) is 0 Å². The summed E-state index contributed by atoms with van der Waals surface area (Å²) in [6, 6.07) is 15.0. The summed E-state index contributed by atoms with van der Waals surface area (Å²) in [5.41, 5.74) is 0.994. The van der Waals surface area contributed by atoms with E-state index in [1.807, 2.05) is 6.07 Å². The standard InChI is InChI=1S/C20H16N4O5S.Na.H/c1-12-18(20(26)24(23-12)13-7-3-2-4-8-13)21-22-19-15-10-6-5-9-14(15)17(11-16(19)25)30(27,28)29;;/h2-11,18,25H,1H3,(H,27,28,29);;. The fourth-order valence-electron chi connectivity index (χ4n) is 3.19. The number of carbonyl (C=O) groups is 1. The molecule has 3 aromatic rings. The molecule has 1 atom stereocenters. The quantitative estimate of drug-likeness (QED) is 0.360. The van der Waals surface area contributed by atoms with Gasteiger partial charge in [-0.1, -0.05) is 42.5 Å². The van der Waals surface area contributed by atoms with Crippen LogP contribution in [-0.2, 0) is 14.9 Å². The normalized spacial score (nSPS) is 16.6. The van der Waals surface area contributed by atoms with Crippen LogP contribution in [-0.4, -0.2) is 65.3 Å². The first-order valence-corrected chi connectivity index (χ1v) is 10.3. The second-order valence-electron chi connectivity index (χ2n) is 6.61. The molecule has 31 heavy (non-hydrogen) atoms. The Morgan fingerprint density at radius 1 is 1.03 bits per heavy atom. The Morgan fingerprint density at radius 3 is 2.29 bits per heavy atom. The van der Waals surface area contributed by atoms with Gasteiger partial charge < -0.3 is 5.11 Å². The molecule has 0 saturated carbocycles. The van der Waals surface area contributed by atoms with Crippen LogP contribution >= 0.6 is 0 Å². The number of azo groups is 1. The van der Waals surface area contributed by atoms with Gasteiger partial charge in [0.25, 0.3) is 16.0 Å². The maximum absolute atomic E-state index is 12.8. The molecule has 1 unspecified atom stereocenters. The number of rotatable bonds is 4. The number of fused-ring (bicyclic) bond motifs is 1. The maximum atomic E-state index is 12.8. The van der Waals surface area contributed by atoms with Gasteiger partial charge in [0.2, 0.25) is 0 Å². The van der Waals surface area contributed by atoms with Crippen LogP contribution in [0.5, 0.6) is 5.75 Å². The van der Waals surface area contributed by atoms with Crippen molar-refractivity contribution in [2.45, 2.75) is 17.9 Å². The van der Waals surface area contributed by atoms with E-state index in [1.165, 1.54) is 17.1 Å². The summed E-state index contributed by atoms with van der Waals surface area (Å²) in [6.07, 6.45) is 0. The summed E-state index contributed by atoms with van der Waals surface area (Å²) < 4.78 is 32.8. The molecule has 3 aromatic carbocycles. The van der Waals surface area contributed by atoms with Crippen molar-refractivity contribution in [3.05, 3.63) is 60.7 Å². The molecule has 0 radical (unpaired) electrons. The van der Waals surface area contributed by atoms with Crippen molar-refractivity contribution in [1.29, 1.82) is 0 Å².